The van der Waals surface area contributed by atoms with Gasteiger partial charge in [0.2, 0.25) is 5.91 Å². The predicted octanol–water partition coefficient (Wildman–Crippen LogP) is 2.32. The SMILES string of the molecule is CC(C)CNC(=O)CCCCCNC(C)C. The predicted molar refractivity (Wildman–Crippen MR) is 69.5 cm³/mol. The summed E-state index contributed by atoms with van der Waals surface area (Å²) in [6, 6.07) is 0.564. The van der Waals surface area contributed by atoms with E-state index in [0.29, 0.717) is 18.4 Å². The molecular weight excluding hydrogens is 200 g/mol. The van der Waals surface area contributed by atoms with Crippen molar-refractivity contribution >= 4 is 5.91 Å². The minimum atomic E-state index is 0.200. The Morgan fingerprint density at radius 1 is 1.06 bits per heavy atom. The summed E-state index contributed by atoms with van der Waals surface area (Å²) < 4.78 is 0. The normalized spacial score (nSPS) is 11.1. The highest BCUT2D eigenvalue weighted by molar-refractivity contribution is 5.75. The minimum Gasteiger partial charge on any atom is -0.356 e. The fraction of sp³-hybridized carbons (Fsp3) is 0.923. The zero-order valence-electron chi connectivity index (χ0n) is 11.3. The number of carbonyl (C=O) groups excluding carboxylic acids is 1. The second-order valence-corrected chi connectivity index (χ2v) is 5.12. The van der Waals surface area contributed by atoms with Crippen molar-refractivity contribution in [3.63, 3.8) is 0 Å². The number of rotatable bonds is 9. The lowest BCUT2D eigenvalue weighted by Gasteiger charge is -2.08. The fourth-order valence-electron chi connectivity index (χ4n) is 1.38. The highest BCUT2D eigenvalue weighted by atomic mass is 16.1. The van der Waals surface area contributed by atoms with Gasteiger partial charge in [-0.25, -0.2) is 0 Å². The number of amides is 1. The van der Waals surface area contributed by atoms with Crippen LogP contribution in [0.3, 0.4) is 0 Å². The molecule has 1 amide bonds. The van der Waals surface area contributed by atoms with Crippen molar-refractivity contribution in [3.05, 3.63) is 0 Å². The molecule has 0 unspecified atom stereocenters. The Hall–Kier alpha value is -0.570. The molecule has 0 aromatic rings. The van der Waals surface area contributed by atoms with E-state index in [9.17, 15) is 4.79 Å². The first-order valence-corrected chi connectivity index (χ1v) is 6.52. The van der Waals surface area contributed by atoms with Gasteiger partial charge < -0.3 is 10.6 Å². The molecule has 0 radical (unpaired) electrons. The summed E-state index contributed by atoms with van der Waals surface area (Å²) in [5, 5.41) is 6.31. The van der Waals surface area contributed by atoms with Crippen LogP contribution in [0.4, 0.5) is 0 Å². The van der Waals surface area contributed by atoms with E-state index < -0.39 is 0 Å². The second kappa shape index (κ2) is 9.64. The average Bonchev–Trinajstić information content (AvgIpc) is 2.19. The Kier molecular flexibility index (Phi) is 9.30. The van der Waals surface area contributed by atoms with Crippen LogP contribution in [0.1, 0.15) is 53.4 Å². The molecule has 0 spiro atoms. The molecule has 2 N–H and O–H groups in total. The molecule has 0 aromatic carbocycles. The van der Waals surface area contributed by atoms with Crippen LogP contribution in [-0.4, -0.2) is 25.0 Å². The molecule has 0 atom stereocenters. The maximum atomic E-state index is 11.4. The van der Waals surface area contributed by atoms with Gasteiger partial charge in [-0.2, -0.15) is 0 Å². The van der Waals surface area contributed by atoms with Crippen molar-refractivity contribution < 1.29 is 4.79 Å². The van der Waals surface area contributed by atoms with Gasteiger partial charge in [-0.05, 0) is 25.3 Å². The topological polar surface area (TPSA) is 41.1 Å². The second-order valence-electron chi connectivity index (χ2n) is 5.12. The number of unbranched alkanes of at least 4 members (excludes halogenated alkanes) is 2. The standard InChI is InChI=1S/C13H28N2O/c1-11(2)10-15-13(16)8-6-5-7-9-14-12(3)4/h11-12,14H,5-10H2,1-4H3,(H,15,16). The van der Waals surface area contributed by atoms with Crippen LogP contribution in [0.2, 0.25) is 0 Å². The van der Waals surface area contributed by atoms with Crippen LogP contribution < -0.4 is 10.6 Å². The summed E-state index contributed by atoms with van der Waals surface area (Å²) in [6.07, 6.45) is 3.97. The van der Waals surface area contributed by atoms with E-state index in [2.05, 4.69) is 38.3 Å². The average molecular weight is 228 g/mol. The number of hydrogen-bond donors (Lipinski definition) is 2. The van der Waals surface area contributed by atoms with Crippen molar-refractivity contribution in [1.82, 2.24) is 10.6 Å². The van der Waals surface area contributed by atoms with Crippen LogP contribution in [0, 0.1) is 5.92 Å². The lowest BCUT2D eigenvalue weighted by atomic mass is 10.1. The van der Waals surface area contributed by atoms with Gasteiger partial charge in [0.15, 0.2) is 0 Å². The van der Waals surface area contributed by atoms with Gasteiger partial charge >= 0.3 is 0 Å². The Labute approximate surface area is 100 Å². The van der Waals surface area contributed by atoms with E-state index in [-0.39, 0.29) is 5.91 Å². The first-order chi connectivity index (χ1) is 7.52. The molecule has 16 heavy (non-hydrogen) atoms. The Morgan fingerprint density at radius 2 is 1.75 bits per heavy atom. The lowest BCUT2D eigenvalue weighted by Crippen LogP contribution is -2.27. The van der Waals surface area contributed by atoms with Crippen molar-refractivity contribution in [2.75, 3.05) is 13.1 Å². The number of hydrogen-bond acceptors (Lipinski definition) is 2. The summed E-state index contributed by atoms with van der Waals surface area (Å²) >= 11 is 0. The lowest BCUT2D eigenvalue weighted by molar-refractivity contribution is -0.121. The molecule has 3 heteroatoms. The minimum absolute atomic E-state index is 0.200. The van der Waals surface area contributed by atoms with Crippen molar-refractivity contribution in [3.8, 4) is 0 Å². The van der Waals surface area contributed by atoms with Gasteiger partial charge in [0, 0.05) is 19.0 Å². The van der Waals surface area contributed by atoms with Crippen LogP contribution in [0.25, 0.3) is 0 Å². The van der Waals surface area contributed by atoms with Crippen molar-refractivity contribution in [2.24, 2.45) is 5.92 Å². The molecule has 0 saturated carbocycles. The number of nitrogens with one attached hydrogen (secondary N) is 2. The summed E-state index contributed by atoms with van der Waals surface area (Å²) in [7, 11) is 0. The summed E-state index contributed by atoms with van der Waals surface area (Å²) in [6.45, 7) is 10.4. The molecule has 3 nitrogen and oxygen atoms in total. The molecule has 0 bridgehead atoms. The largest absolute Gasteiger partial charge is 0.356 e. The third-order valence-corrected chi connectivity index (χ3v) is 2.34. The van der Waals surface area contributed by atoms with Gasteiger partial charge in [-0.1, -0.05) is 34.1 Å². The third kappa shape index (κ3) is 11.5. The van der Waals surface area contributed by atoms with Gasteiger partial charge in [0.1, 0.15) is 0 Å². The van der Waals surface area contributed by atoms with Crippen molar-refractivity contribution in [1.29, 1.82) is 0 Å². The zero-order chi connectivity index (χ0) is 12.4. The van der Waals surface area contributed by atoms with E-state index in [0.717, 1.165) is 32.4 Å². The highest BCUT2D eigenvalue weighted by Gasteiger charge is 2.01. The molecule has 0 fully saturated rings. The van der Waals surface area contributed by atoms with Crippen LogP contribution in [-0.2, 0) is 4.79 Å². The first-order valence-electron chi connectivity index (χ1n) is 6.52. The third-order valence-electron chi connectivity index (χ3n) is 2.34. The molecule has 0 aliphatic heterocycles. The maximum absolute atomic E-state index is 11.4. The molecule has 0 aliphatic carbocycles. The van der Waals surface area contributed by atoms with E-state index in [1.165, 1.54) is 0 Å². The van der Waals surface area contributed by atoms with Gasteiger partial charge in [-0.15, -0.1) is 0 Å². The summed E-state index contributed by atoms with van der Waals surface area (Å²) in [5.74, 6) is 0.740. The summed E-state index contributed by atoms with van der Waals surface area (Å²) in [5.41, 5.74) is 0. The molecule has 0 saturated heterocycles. The van der Waals surface area contributed by atoms with Crippen LogP contribution >= 0.6 is 0 Å². The van der Waals surface area contributed by atoms with Gasteiger partial charge in [0.25, 0.3) is 0 Å². The monoisotopic (exact) mass is 228 g/mol. The summed E-state index contributed by atoms with van der Waals surface area (Å²) in [4.78, 5) is 11.4. The Balaban J connectivity index is 3.21. The molecule has 0 rings (SSSR count). The fourth-order valence-corrected chi connectivity index (χ4v) is 1.38. The maximum Gasteiger partial charge on any atom is 0.220 e. The van der Waals surface area contributed by atoms with E-state index in [1.807, 2.05) is 0 Å². The van der Waals surface area contributed by atoms with E-state index >= 15 is 0 Å². The quantitative estimate of drug-likeness (QED) is 0.595. The zero-order valence-corrected chi connectivity index (χ0v) is 11.3. The molecule has 0 aromatic heterocycles. The van der Waals surface area contributed by atoms with Crippen LogP contribution in [0.15, 0.2) is 0 Å². The molecule has 96 valence electrons. The van der Waals surface area contributed by atoms with Crippen LogP contribution in [0.5, 0.6) is 0 Å². The van der Waals surface area contributed by atoms with Gasteiger partial charge in [0.05, 0.1) is 0 Å². The Morgan fingerprint density at radius 3 is 2.31 bits per heavy atom. The number of carbonyl (C=O) groups is 1. The molecular formula is C13H28N2O. The van der Waals surface area contributed by atoms with Crippen molar-refractivity contribution in [2.45, 2.75) is 59.4 Å². The van der Waals surface area contributed by atoms with E-state index in [4.69, 9.17) is 0 Å². The van der Waals surface area contributed by atoms with Gasteiger partial charge in [-0.3, -0.25) is 4.79 Å². The first kappa shape index (κ1) is 15.4. The molecule has 0 heterocycles. The highest BCUT2D eigenvalue weighted by Crippen LogP contribution is 1.99. The van der Waals surface area contributed by atoms with E-state index in [1.54, 1.807) is 0 Å². The smallest absolute Gasteiger partial charge is 0.220 e. The Bertz CT molecular complexity index is 179. The molecule has 0 aliphatic rings.